The van der Waals surface area contributed by atoms with Crippen molar-refractivity contribution in [1.82, 2.24) is 14.9 Å². The molecule has 9 heteroatoms. The van der Waals surface area contributed by atoms with E-state index in [-0.39, 0.29) is 0 Å². The highest BCUT2D eigenvalue weighted by atomic mass is 16.5. The largest absolute Gasteiger partial charge is 0.476 e. The summed E-state index contributed by atoms with van der Waals surface area (Å²) >= 11 is 0. The minimum atomic E-state index is 0.580. The zero-order valence-electron chi connectivity index (χ0n) is 19.6. The van der Waals surface area contributed by atoms with Crippen molar-refractivity contribution >= 4 is 28.6 Å². The lowest BCUT2D eigenvalue weighted by molar-refractivity contribution is 0.0320. The first-order valence-electron chi connectivity index (χ1n) is 11.9. The van der Waals surface area contributed by atoms with Crippen LogP contribution in [0.15, 0.2) is 41.6 Å². The maximum absolute atomic E-state index is 6.05. The van der Waals surface area contributed by atoms with Gasteiger partial charge < -0.3 is 24.1 Å². The smallest absolute Gasteiger partial charge is 0.217 e. The van der Waals surface area contributed by atoms with E-state index >= 15 is 0 Å². The fraction of sp³-hybridized carbons (Fsp3) is 0.440. The van der Waals surface area contributed by atoms with E-state index in [1.807, 2.05) is 24.5 Å². The molecule has 5 rings (SSSR count). The van der Waals surface area contributed by atoms with Gasteiger partial charge in [-0.05, 0) is 18.6 Å². The zero-order chi connectivity index (χ0) is 23.2. The van der Waals surface area contributed by atoms with E-state index in [0.717, 1.165) is 73.9 Å². The summed E-state index contributed by atoms with van der Waals surface area (Å²) in [7, 11) is 0. The van der Waals surface area contributed by atoms with Gasteiger partial charge in [0.25, 0.3) is 0 Å². The first kappa shape index (κ1) is 22.6. The van der Waals surface area contributed by atoms with E-state index in [1.54, 1.807) is 0 Å². The molecule has 2 N–H and O–H groups in total. The number of aromatic nitrogens is 2. The number of hydrogen-bond acceptors (Lipinski definition) is 8. The number of hydrazone groups is 1. The molecule has 2 aliphatic heterocycles. The molecule has 180 valence electrons. The molecule has 9 nitrogen and oxygen atoms in total. The van der Waals surface area contributed by atoms with Crippen molar-refractivity contribution in [2.75, 3.05) is 76.1 Å². The number of pyridine rings is 1. The molecule has 2 saturated heterocycles. The van der Waals surface area contributed by atoms with Gasteiger partial charge in [-0.3, -0.25) is 10.3 Å². The summed E-state index contributed by atoms with van der Waals surface area (Å²) in [5, 5.41) is 5.64. The minimum absolute atomic E-state index is 0.580. The quantitative estimate of drug-likeness (QED) is 0.392. The van der Waals surface area contributed by atoms with Gasteiger partial charge in [0.05, 0.1) is 38.3 Å². The lowest BCUT2D eigenvalue weighted by Gasteiger charge is -2.28. The maximum Gasteiger partial charge on any atom is 0.217 e. The number of morpholine rings is 2. The third-order valence-electron chi connectivity index (χ3n) is 6.15. The minimum Gasteiger partial charge on any atom is -0.476 e. The molecule has 2 fully saturated rings. The number of anilines is 2. The van der Waals surface area contributed by atoms with Crippen LogP contribution in [0.25, 0.3) is 10.9 Å². The van der Waals surface area contributed by atoms with Gasteiger partial charge in [0.2, 0.25) is 5.88 Å². The monoisotopic (exact) mass is 464 g/mol. The second-order valence-electron chi connectivity index (χ2n) is 8.62. The van der Waals surface area contributed by atoms with Crippen LogP contribution in [0, 0.1) is 6.92 Å². The molecule has 1 aromatic carbocycles. The zero-order valence-corrected chi connectivity index (χ0v) is 19.6. The summed E-state index contributed by atoms with van der Waals surface area (Å²) in [4.78, 5) is 12.6. The number of aryl methyl sites for hydroxylation is 1. The van der Waals surface area contributed by atoms with Gasteiger partial charge in [-0.15, -0.1) is 0 Å². The Morgan fingerprint density at radius 3 is 2.71 bits per heavy atom. The second kappa shape index (κ2) is 10.9. The van der Waals surface area contributed by atoms with E-state index in [9.17, 15) is 0 Å². The van der Waals surface area contributed by atoms with Crippen molar-refractivity contribution in [3.8, 4) is 5.88 Å². The molecule has 3 aromatic rings. The molecule has 4 heterocycles. The molecule has 0 aliphatic carbocycles. The highest BCUT2D eigenvalue weighted by molar-refractivity contribution is 5.99. The predicted molar refractivity (Wildman–Crippen MR) is 134 cm³/mol. The van der Waals surface area contributed by atoms with Crippen LogP contribution in [0.3, 0.4) is 0 Å². The van der Waals surface area contributed by atoms with Crippen molar-refractivity contribution < 1.29 is 14.2 Å². The SMILES string of the molecule is Cc1ccc2c(C=NNc3cc(OCCN4CCOCC4)nc(N4CCOCC4)c3)c[nH]c2c1. The number of H-pyrrole nitrogens is 1. The molecule has 0 unspecified atom stereocenters. The number of nitrogens with zero attached hydrogens (tertiary/aromatic N) is 4. The van der Waals surface area contributed by atoms with Crippen molar-refractivity contribution in [3.05, 3.63) is 47.7 Å². The summed E-state index contributed by atoms with van der Waals surface area (Å²) in [5.74, 6) is 1.46. The first-order valence-corrected chi connectivity index (χ1v) is 11.9. The van der Waals surface area contributed by atoms with Gasteiger partial charge >= 0.3 is 0 Å². The summed E-state index contributed by atoms with van der Waals surface area (Å²) in [6.07, 6.45) is 3.81. The molecule has 0 amide bonds. The second-order valence-corrected chi connectivity index (χ2v) is 8.62. The van der Waals surface area contributed by atoms with Crippen molar-refractivity contribution in [2.45, 2.75) is 6.92 Å². The highest BCUT2D eigenvalue weighted by Gasteiger charge is 2.15. The number of ether oxygens (including phenoxy) is 3. The average molecular weight is 465 g/mol. The molecule has 0 atom stereocenters. The molecule has 0 saturated carbocycles. The lowest BCUT2D eigenvalue weighted by atomic mass is 10.1. The van der Waals surface area contributed by atoms with Crippen LogP contribution in [-0.2, 0) is 9.47 Å². The highest BCUT2D eigenvalue weighted by Crippen LogP contribution is 2.24. The number of aromatic amines is 1. The van der Waals surface area contributed by atoms with Crippen molar-refractivity contribution in [2.24, 2.45) is 5.10 Å². The van der Waals surface area contributed by atoms with Crippen molar-refractivity contribution in [1.29, 1.82) is 0 Å². The fourth-order valence-electron chi connectivity index (χ4n) is 4.23. The van der Waals surface area contributed by atoms with Crippen LogP contribution in [0.1, 0.15) is 11.1 Å². The Morgan fingerprint density at radius 2 is 1.88 bits per heavy atom. The Balaban J connectivity index is 1.29. The number of rotatable bonds is 8. The summed E-state index contributed by atoms with van der Waals surface area (Å²) < 4.78 is 17.0. The summed E-state index contributed by atoms with van der Waals surface area (Å²) in [6.45, 7) is 9.99. The number of fused-ring (bicyclic) bond motifs is 1. The first-order chi connectivity index (χ1) is 16.7. The molecule has 0 radical (unpaired) electrons. The maximum atomic E-state index is 6.05. The van der Waals surface area contributed by atoms with Crippen LogP contribution in [0.5, 0.6) is 5.88 Å². The number of nitrogens with one attached hydrogen (secondary N) is 2. The van der Waals surface area contributed by atoms with Crippen LogP contribution >= 0.6 is 0 Å². The molecule has 2 aliphatic rings. The topological polar surface area (TPSA) is 87.2 Å². The van der Waals surface area contributed by atoms with Crippen LogP contribution < -0.4 is 15.1 Å². The Labute approximate surface area is 199 Å². The van der Waals surface area contributed by atoms with Crippen LogP contribution in [0.4, 0.5) is 11.5 Å². The Morgan fingerprint density at radius 1 is 1.09 bits per heavy atom. The third kappa shape index (κ3) is 5.67. The van der Waals surface area contributed by atoms with Gasteiger partial charge in [0.1, 0.15) is 12.4 Å². The lowest BCUT2D eigenvalue weighted by Crippen LogP contribution is -2.38. The van der Waals surface area contributed by atoms with Gasteiger partial charge in [-0.25, -0.2) is 0 Å². The molecule has 0 spiro atoms. The average Bonchev–Trinajstić information content (AvgIpc) is 3.27. The van der Waals surface area contributed by atoms with E-state index in [1.165, 1.54) is 5.56 Å². The van der Waals surface area contributed by atoms with E-state index in [2.05, 4.69) is 50.4 Å². The molecular weight excluding hydrogens is 432 g/mol. The number of hydrogen-bond donors (Lipinski definition) is 2. The van der Waals surface area contributed by atoms with E-state index < -0.39 is 0 Å². The Kier molecular flexibility index (Phi) is 7.23. The van der Waals surface area contributed by atoms with Gasteiger partial charge in [0.15, 0.2) is 0 Å². The van der Waals surface area contributed by atoms with Gasteiger partial charge in [0, 0.05) is 67.5 Å². The molecule has 2 aromatic heterocycles. The predicted octanol–water partition coefficient (Wildman–Crippen LogP) is 2.86. The van der Waals surface area contributed by atoms with Crippen LogP contribution in [-0.4, -0.2) is 86.8 Å². The summed E-state index contributed by atoms with van der Waals surface area (Å²) in [6, 6.07) is 10.3. The van der Waals surface area contributed by atoms with E-state index in [4.69, 9.17) is 19.2 Å². The molecule has 0 bridgehead atoms. The molecule has 34 heavy (non-hydrogen) atoms. The third-order valence-corrected chi connectivity index (χ3v) is 6.15. The summed E-state index contributed by atoms with van der Waals surface area (Å²) in [5.41, 5.74) is 7.38. The van der Waals surface area contributed by atoms with Crippen LogP contribution in [0.2, 0.25) is 0 Å². The number of benzene rings is 1. The fourth-order valence-corrected chi connectivity index (χ4v) is 4.23. The van der Waals surface area contributed by atoms with Gasteiger partial charge in [-0.1, -0.05) is 12.1 Å². The van der Waals surface area contributed by atoms with E-state index in [0.29, 0.717) is 25.7 Å². The van der Waals surface area contributed by atoms with Gasteiger partial charge in [-0.2, -0.15) is 10.1 Å². The standard InChI is InChI=1S/C25H32N6O3/c1-19-2-3-22-20(17-26-23(22)14-19)18-27-29-21-15-24(31-7-11-33-12-8-31)28-25(16-21)34-13-6-30-4-9-32-10-5-30/h2-3,14-18,26H,4-13H2,1H3,(H,28,29). The van der Waals surface area contributed by atoms with Crippen molar-refractivity contribution in [3.63, 3.8) is 0 Å². The normalized spacial score (nSPS) is 17.5. The molecular formula is C25H32N6O3. The Bertz CT molecular complexity index is 1120. The Hall–Kier alpha value is -3.14.